The van der Waals surface area contributed by atoms with Gasteiger partial charge < -0.3 is 14.1 Å². The van der Waals surface area contributed by atoms with Gasteiger partial charge >= 0.3 is 0 Å². The highest BCUT2D eigenvalue weighted by atomic mass is 16.5. The molecule has 144 valence electrons. The normalized spacial score (nSPS) is 11.3. The lowest BCUT2D eigenvalue weighted by molar-refractivity contribution is 0.243. The molecule has 3 heterocycles. The Morgan fingerprint density at radius 2 is 2.04 bits per heavy atom. The Hall–Kier alpha value is -3.42. The van der Waals surface area contributed by atoms with Gasteiger partial charge in [0.15, 0.2) is 0 Å². The van der Waals surface area contributed by atoms with Crippen molar-refractivity contribution in [3.63, 3.8) is 0 Å². The van der Waals surface area contributed by atoms with Crippen LogP contribution < -0.4 is 9.64 Å². The van der Waals surface area contributed by atoms with Gasteiger partial charge in [-0.2, -0.15) is 5.10 Å². The summed E-state index contributed by atoms with van der Waals surface area (Å²) >= 11 is 0. The zero-order chi connectivity index (χ0) is 19.7. The molecule has 3 aromatic heterocycles. The molecular weight excluding hydrogens is 356 g/mol. The zero-order valence-corrected chi connectivity index (χ0v) is 16.3. The molecule has 1 aromatic carbocycles. The Kier molecular flexibility index (Phi) is 4.68. The Morgan fingerprint density at radius 1 is 1.18 bits per heavy atom. The highest BCUT2D eigenvalue weighted by molar-refractivity contribution is 5.94. The summed E-state index contributed by atoms with van der Waals surface area (Å²) in [4.78, 5) is 6.42. The number of fused-ring (bicyclic) bond motifs is 1. The number of aryl methyl sites for hydroxylation is 1. The molecule has 0 aliphatic carbocycles. The Morgan fingerprint density at radius 3 is 2.79 bits per heavy atom. The number of hydrogen-bond acceptors (Lipinski definition) is 7. The Bertz CT molecular complexity index is 1100. The molecule has 0 spiro atoms. The first-order valence-electron chi connectivity index (χ1n) is 9.11. The van der Waals surface area contributed by atoms with E-state index in [1.807, 2.05) is 56.1 Å². The topological polar surface area (TPSA) is 93.0 Å². The van der Waals surface area contributed by atoms with E-state index in [0.29, 0.717) is 18.3 Å². The van der Waals surface area contributed by atoms with Crippen LogP contribution in [0.1, 0.15) is 25.6 Å². The van der Waals surface area contributed by atoms with Gasteiger partial charge in [0.05, 0.1) is 18.2 Å². The molecule has 4 aromatic rings. The van der Waals surface area contributed by atoms with E-state index in [4.69, 9.17) is 9.15 Å². The van der Waals surface area contributed by atoms with Crippen LogP contribution >= 0.6 is 0 Å². The van der Waals surface area contributed by atoms with Crippen LogP contribution in [-0.2, 0) is 6.54 Å². The predicted octanol–water partition coefficient (Wildman–Crippen LogP) is 3.74. The number of rotatable bonds is 6. The second-order valence-corrected chi connectivity index (χ2v) is 6.92. The summed E-state index contributed by atoms with van der Waals surface area (Å²) in [6, 6.07) is 9.88. The van der Waals surface area contributed by atoms with Crippen molar-refractivity contribution >= 4 is 16.7 Å². The molecule has 28 heavy (non-hydrogen) atoms. The first-order valence-corrected chi connectivity index (χ1v) is 9.11. The maximum atomic E-state index is 5.83. The van der Waals surface area contributed by atoms with E-state index in [-0.39, 0.29) is 6.10 Å². The molecular formula is C20H22N6O2. The summed E-state index contributed by atoms with van der Waals surface area (Å²) in [6.45, 7) is 6.27. The van der Waals surface area contributed by atoms with Gasteiger partial charge in [-0.3, -0.25) is 5.10 Å². The molecule has 0 unspecified atom stereocenters. The molecule has 0 amide bonds. The average Bonchev–Trinajstić information content (AvgIpc) is 3.27. The van der Waals surface area contributed by atoms with Crippen LogP contribution in [0.15, 0.2) is 40.9 Å². The molecule has 8 heteroatoms. The Balaban J connectivity index is 1.65. The summed E-state index contributed by atoms with van der Waals surface area (Å²) in [7, 11) is 1.93. The molecule has 0 atom stereocenters. The van der Waals surface area contributed by atoms with Crippen molar-refractivity contribution in [1.29, 1.82) is 0 Å². The van der Waals surface area contributed by atoms with Gasteiger partial charge in [-0.05, 0) is 44.2 Å². The van der Waals surface area contributed by atoms with Crippen molar-refractivity contribution in [2.24, 2.45) is 0 Å². The second kappa shape index (κ2) is 7.30. The van der Waals surface area contributed by atoms with Crippen molar-refractivity contribution in [3.8, 4) is 17.0 Å². The maximum absolute atomic E-state index is 5.83. The van der Waals surface area contributed by atoms with E-state index in [2.05, 4.69) is 25.4 Å². The number of aromatic amines is 1. The monoisotopic (exact) mass is 378 g/mol. The number of H-pyrrole nitrogens is 1. The SMILES string of the molecule is Cc1nnc(CN(C)c2cc(-c3n[nH]c4ccc(OC(C)C)cc34)ccn2)o1. The molecule has 0 saturated carbocycles. The van der Waals surface area contributed by atoms with E-state index in [1.165, 1.54) is 0 Å². The minimum atomic E-state index is 0.113. The standard InChI is InChI=1S/C20H22N6O2/c1-12(2)27-15-5-6-17-16(10-15)20(25-23-17)14-7-8-21-18(9-14)26(4)11-19-24-22-13(3)28-19/h5-10,12H,11H2,1-4H3,(H,23,25). The van der Waals surface area contributed by atoms with Gasteiger partial charge in [0.1, 0.15) is 17.3 Å². The van der Waals surface area contributed by atoms with E-state index in [9.17, 15) is 0 Å². The van der Waals surface area contributed by atoms with Crippen molar-refractivity contribution in [2.75, 3.05) is 11.9 Å². The minimum Gasteiger partial charge on any atom is -0.491 e. The van der Waals surface area contributed by atoms with Crippen LogP contribution in [0.2, 0.25) is 0 Å². The molecule has 0 radical (unpaired) electrons. The van der Waals surface area contributed by atoms with Crippen LogP contribution in [0, 0.1) is 6.92 Å². The van der Waals surface area contributed by atoms with Crippen LogP contribution in [0.4, 0.5) is 5.82 Å². The average molecular weight is 378 g/mol. The van der Waals surface area contributed by atoms with Gasteiger partial charge in [-0.25, -0.2) is 4.98 Å². The van der Waals surface area contributed by atoms with E-state index < -0.39 is 0 Å². The minimum absolute atomic E-state index is 0.113. The van der Waals surface area contributed by atoms with Crippen molar-refractivity contribution < 1.29 is 9.15 Å². The summed E-state index contributed by atoms with van der Waals surface area (Å²) < 4.78 is 11.3. The van der Waals surface area contributed by atoms with Crippen molar-refractivity contribution in [2.45, 2.75) is 33.4 Å². The number of hydrogen-bond donors (Lipinski definition) is 1. The summed E-state index contributed by atoms with van der Waals surface area (Å²) in [5.41, 5.74) is 2.78. The molecule has 0 fully saturated rings. The first-order chi connectivity index (χ1) is 13.5. The number of benzene rings is 1. The highest BCUT2D eigenvalue weighted by Crippen LogP contribution is 2.31. The summed E-state index contributed by atoms with van der Waals surface area (Å²) in [5.74, 6) is 2.71. The largest absolute Gasteiger partial charge is 0.491 e. The first kappa shape index (κ1) is 18.0. The third-order valence-corrected chi connectivity index (χ3v) is 4.26. The van der Waals surface area contributed by atoms with Crippen LogP contribution in [0.25, 0.3) is 22.2 Å². The highest BCUT2D eigenvalue weighted by Gasteiger charge is 2.13. The van der Waals surface area contributed by atoms with E-state index >= 15 is 0 Å². The third-order valence-electron chi connectivity index (χ3n) is 4.26. The quantitative estimate of drug-likeness (QED) is 0.546. The fourth-order valence-corrected chi connectivity index (χ4v) is 3.02. The lowest BCUT2D eigenvalue weighted by Crippen LogP contribution is -2.17. The number of ether oxygens (including phenoxy) is 1. The van der Waals surface area contributed by atoms with E-state index in [1.54, 1.807) is 13.1 Å². The van der Waals surface area contributed by atoms with Crippen LogP contribution in [-0.4, -0.2) is 38.5 Å². The fraction of sp³-hybridized carbons (Fsp3) is 0.300. The number of nitrogens with zero attached hydrogens (tertiary/aromatic N) is 5. The van der Waals surface area contributed by atoms with Gasteiger partial charge in [-0.15, -0.1) is 10.2 Å². The van der Waals surface area contributed by atoms with E-state index in [0.717, 1.165) is 33.7 Å². The number of aromatic nitrogens is 5. The van der Waals surface area contributed by atoms with Gasteiger partial charge in [0, 0.05) is 31.1 Å². The second-order valence-electron chi connectivity index (χ2n) is 6.92. The molecule has 0 aliphatic heterocycles. The molecule has 1 N–H and O–H groups in total. The number of anilines is 1. The molecule has 8 nitrogen and oxygen atoms in total. The number of pyridine rings is 1. The van der Waals surface area contributed by atoms with Gasteiger partial charge in [0.2, 0.25) is 11.8 Å². The summed E-state index contributed by atoms with van der Waals surface area (Å²) in [6.07, 6.45) is 1.89. The van der Waals surface area contributed by atoms with Crippen molar-refractivity contribution in [3.05, 3.63) is 48.3 Å². The van der Waals surface area contributed by atoms with Crippen molar-refractivity contribution in [1.82, 2.24) is 25.4 Å². The predicted molar refractivity (Wildman–Crippen MR) is 106 cm³/mol. The molecule has 0 saturated heterocycles. The molecule has 0 bridgehead atoms. The molecule has 4 rings (SSSR count). The van der Waals surface area contributed by atoms with Crippen LogP contribution in [0.5, 0.6) is 5.75 Å². The fourth-order valence-electron chi connectivity index (χ4n) is 3.02. The van der Waals surface area contributed by atoms with Gasteiger partial charge in [-0.1, -0.05) is 0 Å². The molecule has 0 aliphatic rings. The summed E-state index contributed by atoms with van der Waals surface area (Å²) in [5, 5.41) is 16.5. The smallest absolute Gasteiger partial charge is 0.235 e. The lowest BCUT2D eigenvalue weighted by Gasteiger charge is -2.16. The van der Waals surface area contributed by atoms with Gasteiger partial charge in [0.25, 0.3) is 0 Å². The Labute approximate surface area is 162 Å². The maximum Gasteiger partial charge on any atom is 0.235 e. The zero-order valence-electron chi connectivity index (χ0n) is 16.3. The third kappa shape index (κ3) is 3.66. The lowest BCUT2D eigenvalue weighted by atomic mass is 10.1. The van der Waals surface area contributed by atoms with Crippen LogP contribution in [0.3, 0.4) is 0 Å². The number of nitrogens with one attached hydrogen (secondary N) is 1.